The fourth-order valence-electron chi connectivity index (χ4n) is 2.85. The molecule has 1 aliphatic heterocycles. The van der Waals surface area contributed by atoms with Crippen LogP contribution in [-0.4, -0.2) is 21.3 Å². The van der Waals surface area contributed by atoms with E-state index in [9.17, 15) is 0 Å². The summed E-state index contributed by atoms with van der Waals surface area (Å²) in [6, 6.07) is 8.69. The first kappa shape index (κ1) is 12.6. The lowest BCUT2D eigenvalue weighted by molar-refractivity contribution is 0.482. The number of aryl methyl sites for hydroxylation is 1. The molecular formula is C16H16N4S. The molecule has 3 aromatic heterocycles. The van der Waals surface area contributed by atoms with Gasteiger partial charge in [0.1, 0.15) is 11.5 Å². The van der Waals surface area contributed by atoms with Gasteiger partial charge in [-0.1, -0.05) is 6.07 Å². The van der Waals surface area contributed by atoms with Crippen LogP contribution in [0.2, 0.25) is 0 Å². The molecule has 0 spiro atoms. The Labute approximate surface area is 127 Å². The van der Waals surface area contributed by atoms with Crippen LogP contribution in [0.3, 0.4) is 0 Å². The Kier molecular flexibility index (Phi) is 3.00. The Morgan fingerprint density at radius 2 is 2.33 bits per heavy atom. The van der Waals surface area contributed by atoms with Gasteiger partial charge < -0.3 is 5.32 Å². The van der Waals surface area contributed by atoms with Crippen molar-refractivity contribution in [3.05, 3.63) is 53.2 Å². The Bertz CT molecular complexity index is 760. The average molecular weight is 296 g/mol. The molecule has 1 unspecified atom stereocenters. The van der Waals surface area contributed by atoms with E-state index >= 15 is 0 Å². The summed E-state index contributed by atoms with van der Waals surface area (Å²) < 4.78 is 2.11. The quantitative estimate of drug-likeness (QED) is 0.783. The molecule has 3 aromatic rings. The highest BCUT2D eigenvalue weighted by atomic mass is 32.1. The first-order chi connectivity index (χ1) is 10.3. The minimum atomic E-state index is 0.268. The Morgan fingerprint density at radius 1 is 1.38 bits per heavy atom. The highest BCUT2D eigenvalue weighted by Crippen LogP contribution is 2.35. The minimum absolute atomic E-state index is 0.268. The summed E-state index contributed by atoms with van der Waals surface area (Å²) in [4.78, 5) is 5.50. The number of fused-ring (bicyclic) bond motifs is 1. The van der Waals surface area contributed by atoms with Crippen molar-refractivity contribution >= 4 is 17.2 Å². The Morgan fingerprint density at radius 3 is 3.10 bits per heavy atom. The molecule has 0 bridgehead atoms. The number of anilines is 1. The maximum Gasteiger partial charge on any atom is 0.125 e. The molecule has 0 radical (unpaired) electrons. The van der Waals surface area contributed by atoms with Gasteiger partial charge in [-0.3, -0.25) is 4.98 Å². The molecule has 0 fully saturated rings. The molecule has 0 amide bonds. The summed E-state index contributed by atoms with van der Waals surface area (Å²) in [6.07, 6.45) is 4.79. The van der Waals surface area contributed by atoms with E-state index < -0.39 is 0 Å². The van der Waals surface area contributed by atoms with Crippen molar-refractivity contribution in [1.29, 1.82) is 0 Å². The molecule has 4 rings (SSSR count). The summed E-state index contributed by atoms with van der Waals surface area (Å²) >= 11 is 1.75. The summed E-state index contributed by atoms with van der Waals surface area (Å²) in [6.45, 7) is 3.10. The van der Waals surface area contributed by atoms with Gasteiger partial charge in [-0.25, -0.2) is 4.68 Å². The fraction of sp³-hybridized carbons (Fsp3) is 0.250. The van der Waals surface area contributed by atoms with E-state index in [1.165, 1.54) is 16.0 Å². The number of hydrogen-bond donors (Lipinski definition) is 1. The van der Waals surface area contributed by atoms with E-state index in [1.807, 2.05) is 18.5 Å². The topological polar surface area (TPSA) is 42.7 Å². The largest absolute Gasteiger partial charge is 0.370 e. The van der Waals surface area contributed by atoms with Crippen molar-refractivity contribution in [3.63, 3.8) is 0 Å². The van der Waals surface area contributed by atoms with Crippen LogP contribution in [0.5, 0.6) is 0 Å². The second-order valence-corrected chi connectivity index (χ2v) is 6.23. The highest BCUT2D eigenvalue weighted by Gasteiger charge is 2.24. The standard InChI is InChI=1S/C16H16N4S/c1-11-5-8-21-16(11)13-9-15-18-7-4-14(20(15)19-13)12-3-2-6-17-10-12/h2-3,5-6,8-10,14,18H,4,7H2,1H3. The number of aromatic nitrogens is 3. The Hall–Kier alpha value is -2.14. The normalized spacial score (nSPS) is 17.3. The van der Waals surface area contributed by atoms with Gasteiger partial charge in [0.25, 0.3) is 0 Å². The van der Waals surface area contributed by atoms with E-state index in [0.29, 0.717) is 0 Å². The SMILES string of the molecule is Cc1ccsc1-c1cc2n(n1)C(c1cccnc1)CCN2. The monoisotopic (exact) mass is 296 g/mol. The van der Waals surface area contributed by atoms with Gasteiger partial charge >= 0.3 is 0 Å². The molecule has 4 nitrogen and oxygen atoms in total. The van der Waals surface area contributed by atoms with Crippen LogP contribution in [0.4, 0.5) is 5.82 Å². The number of pyridine rings is 1. The maximum atomic E-state index is 4.85. The average Bonchev–Trinajstić information content (AvgIpc) is 3.13. The molecular weight excluding hydrogens is 280 g/mol. The van der Waals surface area contributed by atoms with Crippen molar-refractivity contribution in [3.8, 4) is 10.6 Å². The number of thiophene rings is 1. The molecule has 1 atom stereocenters. The molecule has 0 aromatic carbocycles. The lowest BCUT2D eigenvalue weighted by atomic mass is 10.0. The number of rotatable bonds is 2. The molecule has 5 heteroatoms. The summed E-state index contributed by atoms with van der Waals surface area (Å²) in [5.41, 5.74) is 3.56. The molecule has 106 valence electrons. The van der Waals surface area contributed by atoms with Crippen molar-refractivity contribution in [2.24, 2.45) is 0 Å². The summed E-state index contributed by atoms with van der Waals surface area (Å²) in [7, 11) is 0. The van der Waals surface area contributed by atoms with E-state index in [0.717, 1.165) is 24.5 Å². The molecule has 4 heterocycles. The minimum Gasteiger partial charge on any atom is -0.370 e. The van der Waals surface area contributed by atoms with Gasteiger partial charge in [0.05, 0.1) is 10.9 Å². The van der Waals surface area contributed by atoms with E-state index in [2.05, 4.69) is 45.5 Å². The van der Waals surface area contributed by atoms with Crippen LogP contribution in [0.1, 0.15) is 23.6 Å². The van der Waals surface area contributed by atoms with Crippen LogP contribution in [0.15, 0.2) is 42.0 Å². The van der Waals surface area contributed by atoms with Crippen LogP contribution < -0.4 is 5.32 Å². The highest BCUT2D eigenvalue weighted by molar-refractivity contribution is 7.13. The maximum absolute atomic E-state index is 4.85. The van der Waals surface area contributed by atoms with E-state index in [1.54, 1.807) is 11.3 Å². The zero-order valence-electron chi connectivity index (χ0n) is 11.8. The molecule has 0 saturated heterocycles. The van der Waals surface area contributed by atoms with Crippen LogP contribution in [0, 0.1) is 6.92 Å². The van der Waals surface area contributed by atoms with Gasteiger partial charge in [0, 0.05) is 25.0 Å². The number of nitrogens with zero attached hydrogens (tertiary/aromatic N) is 3. The van der Waals surface area contributed by atoms with Crippen molar-refractivity contribution in [2.75, 3.05) is 11.9 Å². The van der Waals surface area contributed by atoms with E-state index in [4.69, 9.17) is 5.10 Å². The van der Waals surface area contributed by atoms with Crippen molar-refractivity contribution < 1.29 is 0 Å². The smallest absolute Gasteiger partial charge is 0.125 e. The third-order valence-corrected chi connectivity index (χ3v) is 4.96. The third-order valence-electron chi connectivity index (χ3n) is 3.92. The van der Waals surface area contributed by atoms with Crippen LogP contribution in [0.25, 0.3) is 10.6 Å². The van der Waals surface area contributed by atoms with Gasteiger partial charge in [-0.2, -0.15) is 5.10 Å². The third kappa shape index (κ3) is 2.14. The first-order valence-corrected chi connectivity index (χ1v) is 7.99. The van der Waals surface area contributed by atoms with Crippen LogP contribution in [-0.2, 0) is 0 Å². The molecule has 0 saturated carbocycles. The van der Waals surface area contributed by atoms with Gasteiger partial charge in [0.15, 0.2) is 0 Å². The molecule has 0 aliphatic carbocycles. The number of nitrogens with one attached hydrogen (secondary N) is 1. The molecule has 21 heavy (non-hydrogen) atoms. The first-order valence-electron chi connectivity index (χ1n) is 7.11. The van der Waals surface area contributed by atoms with Crippen molar-refractivity contribution in [1.82, 2.24) is 14.8 Å². The summed E-state index contributed by atoms with van der Waals surface area (Å²) in [5, 5.41) is 10.4. The predicted octanol–water partition coefficient (Wildman–Crippen LogP) is 3.72. The lowest BCUT2D eigenvalue weighted by Crippen LogP contribution is -2.24. The van der Waals surface area contributed by atoms with Gasteiger partial charge in [0.2, 0.25) is 0 Å². The van der Waals surface area contributed by atoms with Crippen LogP contribution >= 0.6 is 11.3 Å². The van der Waals surface area contributed by atoms with Crippen molar-refractivity contribution in [2.45, 2.75) is 19.4 Å². The van der Waals surface area contributed by atoms with Gasteiger partial charge in [-0.05, 0) is 42.0 Å². The summed E-state index contributed by atoms with van der Waals surface area (Å²) in [5.74, 6) is 1.10. The second-order valence-electron chi connectivity index (χ2n) is 5.31. The fourth-order valence-corrected chi connectivity index (χ4v) is 3.73. The van der Waals surface area contributed by atoms with Gasteiger partial charge in [-0.15, -0.1) is 11.3 Å². The number of hydrogen-bond acceptors (Lipinski definition) is 4. The second kappa shape index (κ2) is 5.00. The molecule has 1 N–H and O–H groups in total. The predicted molar refractivity (Wildman–Crippen MR) is 85.8 cm³/mol. The van der Waals surface area contributed by atoms with E-state index in [-0.39, 0.29) is 6.04 Å². The zero-order valence-corrected chi connectivity index (χ0v) is 12.6. The Balaban J connectivity index is 1.79. The zero-order chi connectivity index (χ0) is 14.2. The lowest BCUT2D eigenvalue weighted by Gasteiger charge is -2.25. The molecule has 1 aliphatic rings.